The Hall–Kier alpha value is -4.18. The van der Waals surface area contributed by atoms with Gasteiger partial charge in [-0.3, -0.25) is 0 Å². The maximum absolute atomic E-state index is 13.3. The van der Waals surface area contributed by atoms with Crippen LogP contribution in [0.15, 0.2) is 91.0 Å². The number of aryl methyl sites for hydroxylation is 3. The molecular weight excluding hydrogens is 460 g/mol. The molecule has 4 aromatic carbocycles. The fraction of sp³-hybridized carbons (Fsp3) is 0.212. The zero-order chi connectivity index (χ0) is 25.7. The van der Waals surface area contributed by atoms with Crippen molar-refractivity contribution in [3.05, 3.63) is 141 Å². The first-order valence-corrected chi connectivity index (χ1v) is 12.7. The van der Waals surface area contributed by atoms with Crippen molar-refractivity contribution in [3.63, 3.8) is 0 Å². The molecule has 0 saturated heterocycles. The van der Waals surface area contributed by atoms with Gasteiger partial charge in [-0.1, -0.05) is 72.3 Å². The van der Waals surface area contributed by atoms with Crippen LogP contribution in [0.3, 0.4) is 0 Å². The molecule has 4 atom stereocenters. The summed E-state index contributed by atoms with van der Waals surface area (Å²) in [4.78, 5) is 26.7. The van der Waals surface area contributed by atoms with Crippen LogP contribution in [0.25, 0.3) is 0 Å². The molecule has 3 aliphatic rings. The summed E-state index contributed by atoms with van der Waals surface area (Å²) in [6, 6.07) is 28.8. The fourth-order valence-corrected chi connectivity index (χ4v) is 5.87. The molecule has 0 radical (unpaired) electrons. The van der Waals surface area contributed by atoms with Gasteiger partial charge in [-0.25, -0.2) is 9.59 Å². The molecule has 4 heteroatoms. The third-order valence-corrected chi connectivity index (χ3v) is 7.77. The zero-order valence-electron chi connectivity index (χ0n) is 21.1. The number of hydrogen-bond acceptors (Lipinski definition) is 4. The first kappa shape index (κ1) is 23.2. The topological polar surface area (TPSA) is 52.6 Å². The van der Waals surface area contributed by atoms with E-state index in [9.17, 15) is 9.59 Å². The lowest BCUT2D eigenvalue weighted by Gasteiger charge is -2.49. The van der Waals surface area contributed by atoms with Crippen LogP contribution in [0.1, 0.15) is 71.5 Å². The van der Waals surface area contributed by atoms with Gasteiger partial charge >= 0.3 is 11.9 Å². The number of carbonyl (C=O) groups is 2. The molecule has 0 N–H and O–H groups in total. The Morgan fingerprint density at radius 2 is 0.973 bits per heavy atom. The second kappa shape index (κ2) is 9.04. The van der Waals surface area contributed by atoms with Crippen molar-refractivity contribution in [2.75, 3.05) is 0 Å². The van der Waals surface area contributed by atoms with Crippen molar-refractivity contribution in [3.8, 4) is 0 Å². The minimum absolute atomic E-state index is 0.240. The van der Waals surface area contributed by atoms with Gasteiger partial charge in [0.1, 0.15) is 0 Å². The molecule has 0 heterocycles. The molecule has 4 aromatic rings. The molecule has 0 aromatic heterocycles. The van der Waals surface area contributed by atoms with Gasteiger partial charge in [0.05, 0.1) is 23.0 Å². The van der Waals surface area contributed by atoms with E-state index in [1.807, 2.05) is 36.4 Å². The number of fused-ring (bicyclic) bond motifs is 1. The van der Waals surface area contributed by atoms with Crippen LogP contribution in [-0.2, 0) is 9.47 Å². The van der Waals surface area contributed by atoms with Crippen LogP contribution in [0.4, 0.5) is 0 Å². The van der Waals surface area contributed by atoms with Gasteiger partial charge < -0.3 is 9.47 Å². The van der Waals surface area contributed by atoms with E-state index in [1.54, 1.807) is 24.3 Å². The smallest absolute Gasteiger partial charge is 0.338 e. The van der Waals surface area contributed by atoms with E-state index in [4.69, 9.17) is 9.47 Å². The molecule has 0 aliphatic heterocycles. The van der Waals surface area contributed by atoms with E-state index in [-0.39, 0.29) is 11.8 Å². The highest BCUT2D eigenvalue weighted by molar-refractivity contribution is 5.90. The summed E-state index contributed by atoms with van der Waals surface area (Å²) in [5.74, 6) is -1.32. The molecular formula is C33H28O4. The minimum Gasteiger partial charge on any atom is -0.454 e. The molecule has 2 unspecified atom stereocenters. The number of carbonyl (C=O) groups excluding carboxylic acids is 2. The van der Waals surface area contributed by atoms with Crippen molar-refractivity contribution in [2.24, 2.45) is 0 Å². The van der Waals surface area contributed by atoms with Crippen LogP contribution in [0.2, 0.25) is 0 Å². The Kier molecular flexibility index (Phi) is 5.68. The van der Waals surface area contributed by atoms with Crippen molar-refractivity contribution in [2.45, 2.75) is 44.8 Å². The van der Waals surface area contributed by atoms with Crippen LogP contribution in [0.5, 0.6) is 0 Å². The Labute approximate surface area is 216 Å². The molecule has 0 amide bonds. The first-order chi connectivity index (χ1) is 17.9. The highest BCUT2D eigenvalue weighted by Crippen LogP contribution is 2.55. The molecule has 37 heavy (non-hydrogen) atoms. The van der Waals surface area contributed by atoms with Gasteiger partial charge in [0.25, 0.3) is 0 Å². The van der Waals surface area contributed by atoms with Crippen LogP contribution >= 0.6 is 0 Å². The van der Waals surface area contributed by atoms with E-state index in [0.29, 0.717) is 11.1 Å². The third kappa shape index (κ3) is 3.93. The van der Waals surface area contributed by atoms with E-state index >= 15 is 0 Å². The molecule has 0 spiro atoms. The lowest BCUT2D eigenvalue weighted by atomic mass is 9.60. The highest BCUT2D eigenvalue weighted by atomic mass is 16.6. The number of esters is 2. The monoisotopic (exact) mass is 488 g/mol. The van der Waals surface area contributed by atoms with Crippen molar-refractivity contribution in [1.29, 1.82) is 0 Å². The predicted octanol–water partition coefficient (Wildman–Crippen LogP) is 6.65. The lowest BCUT2D eigenvalue weighted by molar-refractivity contribution is -0.0557. The van der Waals surface area contributed by atoms with Gasteiger partial charge in [-0.2, -0.15) is 0 Å². The molecule has 0 saturated carbocycles. The third-order valence-electron chi connectivity index (χ3n) is 7.77. The van der Waals surface area contributed by atoms with Crippen molar-refractivity contribution in [1.82, 2.24) is 0 Å². The molecule has 184 valence electrons. The second-order valence-electron chi connectivity index (χ2n) is 10.1. The Balaban J connectivity index is 1.51. The van der Waals surface area contributed by atoms with Gasteiger partial charge in [0.15, 0.2) is 12.2 Å². The standard InChI is InChI=1S/C33H28O4/c1-19-14-15-24-25(16-19)29-27-18-21(3)20(2)17-26(27)28(24)30(36-32(34)22-10-6-4-7-11-22)31(29)37-33(35)23-12-8-5-9-13-23/h4-18,28-31H,1-3H3/t28-,29-,30?,31?/m0/s1. The fourth-order valence-electron chi connectivity index (χ4n) is 5.87. The van der Waals surface area contributed by atoms with Gasteiger partial charge in [-0.05, 0) is 78.4 Å². The Bertz CT molecular complexity index is 1510. The predicted molar refractivity (Wildman–Crippen MR) is 142 cm³/mol. The van der Waals surface area contributed by atoms with Crippen LogP contribution in [-0.4, -0.2) is 24.1 Å². The Morgan fingerprint density at radius 3 is 1.46 bits per heavy atom. The van der Waals surface area contributed by atoms with E-state index in [1.165, 1.54) is 11.1 Å². The summed E-state index contributed by atoms with van der Waals surface area (Å²) >= 11 is 0. The summed E-state index contributed by atoms with van der Waals surface area (Å²) in [5.41, 5.74) is 9.01. The lowest BCUT2D eigenvalue weighted by Crippen LogP contribution is -2.51. The van der Waals surface area contributed by atoms with Gasteiger partial charge in [0, 0.05) is 0 Å². The summed E-state index contributed by atoms with van der Waals surface area (Å²) in [6.07, 6.45) is -1.32. The first-order valence-electron chi connectivity index (χ1n) is 12.7. The van der Waals surface area contributed by atoms with Crippen LogP contribution < -0.4 is 0 Å². The molecule has 2 bridgehead atoms. The van der Waals surface area contributed by atoms with E-state index < -0.39 is 24.1 Å². The molecule has 4 nitrogen and oxygen atoms in total. The quantitative estimate of drug-likeness (QED) is 0.302. The number of benzene rings is 4. The largest absolute Gasteiger partial charge is 0.454 e. The number of ether oxygens (including phenoxy) is 2. The van der Waals surface area contributed by atoms with Gasteiger partial charge in [-0.15, -0.1) is 0 Å². The highest BCUT2D eigenvalue weighted by Gasteiger charge is 2.54. The molecule has 7 rings (SSSR count). The minimum atomic E-state index is -0.658. The van der Waals surface area contributed by atoms with Crippen molar-refractivity contribution >= 4 is 11.9 Å². The second-order valence-corrected chi connectivity index (χ2v) is 10.1. The van der Waals surface area contributed by atoms with E-state index in [0.717, 1.165) is 27.8 Å². The van der Waals surface area contributed by atoms with Crippen molar-refractivity contribution < 1.29 is 19.1 Å². The average molecular weight is 489 g/mol. The maximum Gasteiger partial charge on any atom is 0.338 e. The van der Waals surface area contributed by atoms with Crippen LogP contribution in [0, 0.1) is 20.8 Å². The normalized spacial score (nSPS) is 21.1. The molecule has 3 aliphatic carbocycles. The number of rotatable bonds is 4. The zero-order valence-corrected chi connectivity index (χ0v) is 21.1. The maximum atomic E-state index is 13.3. The summed E-state index contributed by atoms with van der Waals surface area (Å²) < 4.78 is 12.5. The SMILES string of the molecule is Cc1ccc2c(c1)[C@H]1c3cc(C)c(C)cc3[C@H]2C(OC(=O)c2ccccc2)C1OC(=O)c1ccccc1. The van der Waals surface area contributed by atoms with E-state index in [2.05, 4.69) is 51.1 Å². The average Bonchev–Trinajstić information content (AvgIpc) is 2.91. The number of hydrogen-bond donors (Lipinski definition) is 0. The Morgan fingerprint density at radius 1 is 0.541 bits per heavy atom. The summed E-state index contributed by atoms with van der Waals surface area (Å²) in [5, 5.41) is 0. The molecule has 0 fully saturated rings. The van der Waals surface area contributed by atoms with Gasteiger partial charge in [0.2, 0.25) is 0 Å². The summed E-state index contributed by atoms with van der Waals surface area (Å²) in [7, 11) is 0. The summed E-state index contributed by atoms with van der Waals surface area (Å²) in [6.45, 7) is 6.28.